The summed E-state index contributed by atoms with van der Waals surface area (Å²) < 4.78 is 12.0. The zero-order valence-corrected chi connectivity index (χ0v) is 21.8. The van der Waals surface area contributed by atoms with Crippen LogP contribution in [0.4, 0.5) is 0 Å². The fraction of sp³-hybridized carbons (Fsp3) is 0.250. The number of thiophene rings is 1. The maximum Gasteiger partial charge on any atom is 0.303 e. The van der Waals surface area contributed by atoms with Crippen molar-refractivity contribution in [2.45, 2.75) is 39.3 Å². The average molecular weight is 537 g/mol. The predicted octanol–water partition coefficient (Wildman–Crippen LogP) is 6.16. The van der Waals surface area contributed by atoms with E-state index in [1.165, 1.54) is 11.3 Å². The second-order valence-electron chi connectivity index (χ2n) is 8.82. The highest BCUT2D eigenvalue weighted by Gasteiger charge is 2.30. The molecule has 1 aliphatic rings. The Bertz CT molecular complexity index is 1450. The number of nitrogens with zero attached hydrogens (tertiary/aromatic N) is 2. The molecule has 5 rings (SSSR count). The van der Waals surface area contributed by atoms with Crippen molar-refractivity contribution < 1.29 is 23.8 Å². The number of hydrogen-bond acceptors (Lipinski definition) is 6. The first-order chi connectivity index (χ1) is 17.9. The van der Waals surface area contributed by atoms with Gasteiger partial charge in [0.05, 0.1) is 23.9 Å². The van der Waals surface area contributed by atoms with Crippen LogP contribution in [0.15, 0.2) is 58.3 Å². The molecule has 0 fully saturated rings. The maximum absolute atomic E-state index is 13.1. The van der Waals surface area contributed by atoms with Crippen molar-refractivity contribution in [3.05, 3.63) is 92.0 Å². The van der Waals surface area contributed by atoms with Crippen molar-refractivity contribution in [3.63, 3.8) is 0 Å². The zero-order chi connectivity index (χ0) is 25.9. The molecule has 7 nitrogen and oxygen atoms in total. The third-order valence-electron chi connectivity index (χ3n) is 6.40. The first kappa shape index (κ1) is 25.0. The molecule has 0 bridgehead atoms. The highest BCUT2D eigenvalue weighted by Crippen LogP contribution is 2.36. The molecular formula is C28H25ClN2O5S. The van der Waals surface area contributed by atoms with Gasteiger partial charge >= 0.3 is 5.97 Å². The number of benzene rings is 2. The van der Waals surface area contributed by atoms with Crippen LogP contribution in [-0.4, -0.2) is 33.5 Å². The third kappa shape index (κ3) is 5.40. The fourth-order valence-corrected chi connectivity index (χ4v) is 5.60. The third-order valence-corrected chi connectivity index (χ3v) is 7.73. The summed E-state index contributed by atoms with van der Waals surface area (Å²) in [7, 11) is 0. The molecule has 0 saturated heterocycles. The number of aryl methyl sites for hydroxylation is 2. The normalized spacial score (nSPS) is 12.5. The van der Waals surface area contributed by atoms with Gasteiger partial charge in [-0.25, -0.2) is 4.98 Å². The van der Waals surface area contributed by atoms with Gasteiger partial charge in [-0.1, -0.05) is 35.9 Å². The molecule has 9 heteroatoms. The summed E-state index contributed by atoms with van der Waals surface area (Å²) in [6.07, 6.45) is 0.970. The van der Waals surface area contributed by atoms with Crippen LogP contribution >= 0.6 is 22.9 Å². The SMILES string of the molecule is Cc1oc(-c2ccccc2)nc1CCOc1ccc(CCC(=O)O)c2c1CN(C(=O)c1sccc1Cl)C2. The molecule has 0 atom stereocenters. The highest BCUT2D eigenvalue weighted by molar-refractivity contribution is 7.12. The molecule has 1 aliphatic heterocycles. The Kier molecular flexibility index (Phi) is 7.30. The topological polar surface area (TPSA) is 92.9 Å². The van der Waals surface area contributed by atoms with E-state index in [0.717, 1.165) is 33.7 Å². The minimum Gasteiger partial charge on any atom is -0.493 e. The summed E-state index contributed by atoms with van der Waals surface area (Å²) in [5.74, 6) is 1.02. The number of hydrogen-bond donors (Lipinski definition) is 1. The minimum absolute atomic E-state index is 0.0204. The summed E-state index contributed by atoms with van der Waals surface area (Å²) in [4.78, 5) is 31.2. The van der Waals surface area contributed by atoms with Crippen molar-refractivity contribution in [1.29, 1.82) is 0 Å². The summed E-state index contributed by atoms with van der Waals surface area (Å²) >= 11 is 7.52. The van der Waals surface area contributed by atoms with Crippen LogP contribution < -0.4 is 4.74 Å². The Labute approximate surface area is 223 Å². The average Bonchev–Trinajstić information content (AvgIpc) is 3.62. The molecule has 0 radical (unpaired) electrons. The molecule has 1 amide bonds. The molecule has 2 aromatic heterocycles. The highest BCUT2D eigenvalue weighted by atomic mass is 35.5. The standard InChI is InChI=1S/C28H25ClN2O5S/c1-17-23(30-27(36-17)19-5-3-2-4-6-19)11-13-35-24-9-7-18(8-10-25(32)33)20-15-31(16-21(20)24)28(34)26-22(29)12-14-37-26/h2-7,9,12,14H,8,10-11,13,15-16H2,1H3,(H,32,33). The number of carboxylic acid groups (broad SMARTS) is 1. The van der Waals surface area contributed by atoms with Gasteiger partial charge in [0.25, 0.3) is 5.91 Å². The molecule has 0 spiro atoms. The van der Waals surface area contributed by atoms with Gasteiger partial charge in [0.15, 0.2) is 0 Å². The summed E-state index contributed by atoms with van der Waals surface area (Å²) in [5, 5.41) is 11.4. The molecule has 190 valence electrons. The van der Waals surface area contributed by atoms with Crippen molar-refractivity contribution in [1.82, 2.24) is 9.88 Å². The van der Waals surface area contributed by atoms with Crippen LogP contribution in [-0.2, 0) is 30.7 Å². The van der Waals surface area contributed by atoms with Crippen LogP contribution in [0.5, 0.6) is 5.75 Å². The number of halogens is 1. The van der Waals surface area contributed by atoms with E-state index in [9.17, 15) is 14.7 Å². The number of ether oxygens (including phenoxy) is 1. The van der Waals surface area contributed by atoms with Gasteiger partial charge in [-0.05, 0) is 54.1 Å². The Morgan fingerprint density at radius 2 is 1.89 bits per heavy atom. The van der Waals surface area contributed by atoms with Gasteiger partial charge < -0.3 is 19.2 Å². The Morgan fingerprint density at radius 1 is 1.11 bits per heavy atom. The monoisotopic (exact) mass is 536 g/mol. The number of amides is 1. The van der Waals surface area contributed by atoms with Crippen molar-refractivity contribution in [2.75, 3.05) is 6.61 Å². The maximum atomic E-state index is 13.1. The lowest BCUT2D eigenvalue weighted by Crippen LogP contribution is -2.24. The molecule has 1 N–H and O–H groups in total. The van der Waals surface area contributed by atoms with Gasteiger partial charge in [0, 0.05) is 30.5 Å². The lowest BCUT2D eigenvalue weighted by atomic mass is 9.99. The number of fused-ring (bicyclic) bond motifs is 1. The number of rotatable bonds is 9. The molecule has 3 heterocycles. The van der Waals surface area contributed by atoms with Crippen LogP contribution in [0, 0.1) is 6.92 Å². The van der Waals surface area contributed by atoms with Crippen LogP contribution in [0.1, 0.15) is 44.2 Å². The second-order valence-corrected chi connectivity index (χ2v) is 10.1. The van der Waals surface area contributed by atoms with Crippen molar-refractivity contribution in [3.8, 4) is 17.2 Å². The van der Waals surface area contributed by atoms with Crippen LogP contribution in [0.25, 0.3) is 11.5 Å². The van der Waals surface area contributed by atoms with Gasteiger partial charge in [-0.2, -0.15) is 0 Å². The number of aromatic nitrogens is 1. The summed E-state index contributed by atoms with van der Waals surface area (Å²) in [6, 6.07) is 15.2. The summed E-state index contributed by atoms with van der Waals surface area (Å²) in [6.45, 7) is 3.04. The lowest BCUT2D eigenvalue weighted by molar-refractivity contribution is -0.136. The zero-order valence-electron chi connectivity index (χ0n) is 20.2. The molecule has 4 aromatic rings. The molecule has 37 heavy (non-hydrogen) atoms. The van der Waals surface area contributed by atoms with Gasteiger partial charge in [-0.15, -0.1) is 11.3 Å². The van der Waals surface area contributed by atoms with E-state index in [1.54, 1.807) is 16.3 Å². The van der Waals surface area contributed by atoms with Gasteiger partial charge in [-0.3, -0.25) is 9.59 Å². The predicted molar refractivity (Wildman–Crippen MR) is 141 cm³/mol. The van der Waals surface area contributed by atoms with E-state index >= 15 is 0 Å². The Morgan fingerprint density at radius 3 is 2.62 bits per heavy atom. The van der Waals surface area contributed by atoms with Crippen molar-refractivity contribution in [2.24, 2.45) is 0 Å². The van der Waals surface area contributed by atoms with E-state index < -0.39 is 5.97 Å². The van der Waals surface area contributed by atoms with E-state index in [0.29, 0.717) is 54.1 Å². The van der Waals surface area contributed by atoms with Crippen LogP contribution in [0.2, 0.25) is 5.02 Å². The number of carbonyl (C=O) groups excluding carboxylic acids is 1. The molecule has 0 aliphatic carbocycles. The number of aliphatic carboxylic acids is 1. The minimum atomic E-state index is -0.858. The van der Waals surface area contributed by atoms with Gasteiger partial charge in [0.2, 0.25) is 5.89 Å². The largest absolute Gasteiger partial charge is 0.493 e. The number of oxazole rings is 1. The fourth-order valence-electron chi connectivity index (χ4n) is 4.49. The smallest absolute Gasteiger partial charge is 0.303 e. The second kappa shape index (κ2) is 10.8. The van der Waals surface area contributed by atoms with Gasteiger partial charge in [0.1, 0.15) is 16.4 Å². The molecule has 2 aromatic carbocycles. The van der Waals surface area contributed by atoms with Crippen LogP contribution in [0.3, 0.4) is 0 Å². The number of carboxylic acids is 1. The first-order valence-corrected chi connectivity index (χ1v) is 13.2. The quantitative estimate of drug-likeness (QED) is 0.275. The van der Waals surface area contributed by atoms with E-state index in [-0.39, 0.29) is 12.3 Å². The van der Waals surface area contributed by atoms with E-state index in [4.69, 9.17) is 20.8 Å². The Balaban J connectivity index is 1.33. The van der Waals surface area contributed by atoms with Crippen molar-refractivity contribution >= 4 is 34.8 Å². The number of carbonyl (C=O) groups is 2. The molecule has 0 saturated carbocycles. The first-order valence-electron chi connectivity index (χ1n) is 11.9. The van der Waals surface area contributed by atoms with E-state index in [2.05, 4.69) is 4.98 Å². The summed E-state index contributed by atoms with van der Waals surface area (Å²) in [5.41, 5.74) is 4.52. The van der Waals surface area contributed by atoms with E-state index in [1.807, 2.05) is 49.4 Å². The molecule has 0 unspecified atom stereocenters. The lowest BCUT2D eigenvalue weighted by Gasteiger charge is -2.15. The Hall–Kier alpha value is -3.62. The molecular weight excluding hydrogens is 512 g/mol.